The standard InChI is InChI=1S/C19H22N4O5S/c1-11(2)23-17(25)10-29-15-8-20-22(19(26)18(15)23)9-16(24)21-13-6-5-12(27-3)7-14(13)28-4/h5-8,11H,9-10H2,1-4H3,(H,21,24). The third-order valence-corrected chi connectivity index (χ3v) is 5.34. The number of hydrogen-bond donors (Lipinski definition) is 1. The predicted molar refractivity (Wildman–Crippen MR) is 110 cm³/mol. The van der Waals surface area contributed by atoms with E-state index in [4.69, 9.17) is 9.47 Å². The summed E-state index contributed by atoms with van der Waals surface area (Å²) >= 11 is 1.27. The van der Waals surface area contributed by atoms with Gasteiger partial charge in [0.1, 0.15) is 23.7 Å². The Morgan fingerprint density at radius 2 is 2.03 bits per heavy atom. The molecule has 0 radical (unpaired) electrons. The number of thioether (sulfide) groups is 1. The van der Waals surface area contributed by atoms with Crippen LogP contribution in [0.4, 0.5) is 11.4 Å². The second-order valence-corrected chi connectivity index (χ2v) is 7.60. The molecule has 0 bridgehead atoms. The van der Waals surface area contributed by atoms with Crippen LogP contribution in [0.5, 0.6) is 11.5 Å². The van der Waals surface area contributed by atoms with Gasteiger partial charge in [0.15, 0.2) is 0 Å². The van der Waals surface area contributed by atoms with Gasteiger partial charge in [-0.1, -0.05) is 0 Å². The second-order valence-electron chi connectivity index (χ2n) is 6.58. The number of carbonyl (C=O) groups is 2. The molecule has 9 nitrogen and oxygen atoms in total. The number of nitrogens with zero attached hydrogens (tertiary/aromatic N) is 3. The van der Waals surface area contributed by atoms with Crippen LogP contribution in [0.2, 0.25) is 0 Å². The van der Waals surface area contributed by atoms with E-state index >= 15 is 0 Å². The largest absolute Gasteiger partial charge is 0.497 e. The monoisotopic (exact) mass is 418 g/mol. The maximum atomic E-state index is 12.9. The first-order valence-electron chi connectivity index (χ1n) is 8.92. The molecule has 0 atom stereocenters. The Morgan fingerprint density at radius 3 is 2.69 bits per heavy atom. The molecule has 3 rings (SSSR count). The number of rotatable bonds is 6. The van der Waals surface area contributed by atoms with Crippen LogP contribution in [0.15, 0.2) is 34.1 Å². The molecule has 10 heteroatoms. The summed E-state index contributed by atoms with van der Waals surface area (Å²) in [6.45, 7) is 3.38. The molecule has 2 amide bonds. The lowest BCUT2D eigenvalue weighted by Gasteiger charge is -2.31. The highest BCUT2D eigenvalue weighted by atomic mass is 32.2. The fraction of sp³-hybridized carbons (Fsp3) is 0.368. The van der Waals surface area contributed by atoms with Gasteiger partial charge >= 0.3 is 0 Å². The third-order valence-electron chi connectivity index (χ3n) is 4.34. The predicted octanol–water partition coefficient (Wildman–Crippen LogP) is 1.75. The Labute approximate surface area is 172 Å². The van der Waals surface area contributed by atoms with Gasteiger partial charge in [-0.2, -0.15) is 5.10 Å². The van der Waals surface area contributed by atoms with Crippen LogP contribution >= 0.6 is 11.8 Å². The van der Waals surface area contributed by atoms with Crippen molar-refractivity contribution < 1.29 is 19.1 Å². The van der Waals surface area contributed by atoms with Crippen LogP contribution in [-0.2, 0) is 16.1 Å². The fourth-order valence-electron chi connectivity index (χ4n) is 3.01. The summed E-state index contributed by atoms with van der Waals surface area (Å²) < 4.78 is 11.5. The summed E-state index contributed by atoms with van der Waals surface area (Å²) in [5, 5.41) is 6.80. The van der Waals surface area contributed by atoms with Crippen molar-refractivity contribution in [2.24, 2.45) is 0 Å². The molecule has 2 aromatic rings. The quantitative estimate of drug-likeness (QED) is 0.762. The van der Waals surface area contributed by atoms with E-state index in [2.05, 4.69) is 10.4 Å². The Kier molecular flexibility index (Phi) is 6.12. The number of fused-ring (bicyclic) bond motifs is 1. The molecule has 154 valence electrons. The Hall–Kier alpha value is -3.01. The molecule has 1 aromatic heterocycles. The lowest BCUT2D eigenvalue weighted by Crippen LogP contribution is -2.45. The highest BCUT2D eigenvalue weighted by Gasteiger charge is 2.31. The third kappa shape index (κ3) is 4.21. The Balaban J connectivity index is 1.85. The van der Waals surface area contributed by atoms with Crippen molar-refractivity contribution in [3.8, 4) is 11.5 Å². The first-order valence-corrected chi connectivity index (χ1v) is 9.91. The van der Waals surface area contributed by atoms with E-state index in [9.17, 15) is 14.4 Å². The normalized spacial score (nSPS) is 13.3. The van der Waals surface area contributed by atoms with Gasteiger partial charge in [0.05, 0.1) is 36.8 Å². The number of carbonyl (C=O) groups excluding carboxylic acids is 2. The van der Waals surface area contributed by atoms with Crippen LogP contribution in [0, 0.1) is 0 Å². The SMILES string of the molecule is COc1ccc(NC(=O)Cn2ncc3c(c2=O)N(C(C)C)C(=O)CS3)c(OC)c1. The van der Waals surface area contributed by atoms with Crippen molar-refractivity contribution in [2.75, 3.05) is 30.2 Å². The maximum absolute atomic E-state index is 12.9. The summed E-state index contributed by atoms with van der Waals surface area (Å²) in [7, 11) is 3.01. The molecule has 0 aliphatic carbocycles. The van der Waals surface area contributed by atoms with Gasteiger partial charge in [0, 0.05) is 12.1 Å². The number of methoxy groups -OCH3 is 2. The average molecular weight is 418 g/mol. The molecule has 0 saturated heterocycles. The van der Waals surface area contributed by atoms with E-state index in [1.165, 1.54) is 37.1 Å². The molecule has 1 aromatic carbocycles. The topological polar surface area (TPSA) is 103 Å². The molecule has 0 unspecified atom stereocenters. The fourth-order valence-corrected chi connectivity index (χ4v) is 3.87. The van der Waals surface area contributed by atoms with Crippen molar-refractivity contribution in [2.45, 2.75) is 31.3 Å². The number of ether oxygens (including phenoxy) is 2. The van der Waals surface area contributed by atoms with Crippen molar-refractivity contribution in [1.29, 1.82) is 0 Å². The zero-order valence-corrected chi connectivity index (χ0v) is 17.4. The Morgan fingerprint density at radius 1 is 1.28 bits per heavy atom. The van der Waals surface area contributed by atoms with Crippen LogP contribution in [0.3, 0.4) is 0 Å². The van der Waals surface area contributed by atoms with Gasteiger partial charge in [-0.15, -0.1) is 11.8 Å². The molecule has 0 spiro atoms. The highest BCUT2D eigenvalue weighted by molar-refractivity contribution is 8.00. The van der Waals surface area contributed by atoms with Crippen molar-refractivity contribution in [1.82, 2.24) is 9.78 Å². The zero-order chi connectivity index (χ0) is 21.1. The van der Waals surface area contributed by atoms with Gasteiger partial charge in [-0.3, -0.25) is 14.4 Å². The first kappa shape index (κ1) is 20.7. The number of benzene rings is 1. The van der Waals surface area contributed by atoms with E-state index in [1.54, 1.807) is 18.2 Å². The summed E-state index contributed by atoms with van der Waals surface area (Å²) in [6, 6.07) is 4.80. The number of nitrogens with one attached hydrogen (secondary N) is 1. The number of aromatic nitrogens is 2. The average Bonchev–Trinajstić information content (AvgIpc) is 2.70. The van der Waals surface area contributed by atoms with Gasteiger partial charge < -0.3 is 19.7 Å². The van der Waals surface area contributed by atoms with E-state index in [1.807, 2.05) is 13.8 Å². The molecule has 0 saturated carbocycles. The number of hydrogen-bond acceptors (Lipinski definition) is 7. The Bertz CT molecular complexity index is 1000. The van der Waals surface area contributed by atoms with Gasteiger partial charge in [-0.25, -0.2) is 4.68 Å². The summed E-state index contributed by atoms with van der Waals surface area (Å²) in [4.78, 5) is 39.8. The molecule has 2 heterocycles. The maximum Gasteiger partial charge on any atom is 0.292 e. The van der Waals surface area contributed by atoms with Crippen LogP contribution in [0.25, 0.3) is 0 Å². The van der Waals surface area contributed by atoms with Crippen molar-refractivity contribution in [3.05, 3.63) is 34.7 Å². The first-order chi connectivity index (χ1) is 13.8. The van der Waals surface area contributed by atoms with E-state index in [0.29, 0.717) is 22.1 Å². The van der Waals surface area contributed by atoms with Gasteiger partial charge in [0.25, 0.3) is 5.56 Å². The van der Waals surface area contributed by atoms with Crippen LogP contribution in [-0.4, -0.2) is 47.6 Å². The molecule has 1 aliphatic heterocycles. The van der Waals surface area contributed by atoms with Gasteiger partial charge in [0.2, 0.25) is 11.8 Å². The van der Waals surface area contributed by atoms with E-state index < -0.39 is 11.5 Å². The smallest absolute Gasteiger partial charge is 0.292 e. The van der Waals surface area contributed by atoms with Crippen molar-refractivity contribution >= 4 is 35.0 Å². The van der Waals surface area contributed by atoms with Crippen molar-refractivity contribution in [3.63, 3.8) is 0 Å². The minimum absolute atomic E-state index is 0.139. The molecule has 0 fully saturated rings. The van der Waals surface area contributed by atoms with Crippen LogP contribution < -0.4 is 25.2 Å². The summed E-state index contributed by atoms with van der Waals surface area (Å²) in [5.41, 5.74) is 0.235. The minimum Gasteiger partial charge on any atom is -0.497 e. The van der Waals surface area contributed by atoms with Gasteiger partial charge in [-0.05, 0) is 26.0 Å². The second kappa shape index (κ2) is 8.56. The lowest BCUT2D eigenvalue weighted by atomic mass is 10.2. The molecule has 1 aliphatic rings. The molecular formula is C19H22N4O5S. The zero-order valence-electron chi connectivity index (χ0n) is 16.6. The molecule has 29 heavy (non-hydrogen) atoms. The molecular weight excluding hydrogens is 396 g/mol. The number of anilines is 2. The molecule has 1 N–H and O–H groups in total. The number of amides is 2. The van der Waals surface area contributed by atoms with E-state index in [0.717, 1.165) is 4.68 Å². The van der Waals surface area contributed by atoms with Crippen LogP contribution in [0.1, 0.15) is 13.8 Å². The lowest BCUT2D eigenvalue weighted by molar-refractivity contribution is -0.117. The van der Waals surface area contributed by atoms with E-state index in [-0.39, 0.29) is 29.9 Å². The summed E-state index contributed by atoms with van der Waals surface area (Å²) in [5.74, 6) is 0.683. The highest BCUT2D eigenvalue weighted by Crippen LogP contribution is 2.33. The summed E-state index contributed by atoms with van der Waals surface area (Å²) in [6.07, 6.45) is 1.52. The minimum atomic E-state index is -0.478.